The number of unbranched alkanes of at least 4 members (excludes halogenated alkanes) is 1. The summed E-state index contributed by atoms with van der Waals surface area (Å²) in [4.78, 5) is 49.5. The maximum absolute atomic E-state index is 13.2. The standard InChI is InChI=1S/C28H35F3N4O7/c1-3-4-10-23(16-34(15-19(2)17-36)27(39)42-18-20-8-6-5-7-9-20)33-25(37)14-32-26(38)21-11-22(28(29,30)31)13-24(12-21)35(40)41/h5-9,11-13,19,23,36H,3-4,10,14-18H2,1-2H3,(H,32,38)(H,33,37)/t19-,23?/m0/s1. The lowest BCUT2D eigenvalue weighted by molar-refractivity contribution is -0.385. The molecule has 0 saturated carbocycles. The van der Waals surface area contributed by atoms with Crippen molar-refractivity contribution in [3.63, 3.8) is 0 Å². The number of alkyl halides is 3. The zero-order chi connectivity index (χ0) is 31.3. The van der Waals surface area contributed by atoms with Crippen LogP contribution >= 0.6 is 0 Å². The molecule has 2 atom stereocenters. The van der Waals surface area contributed by atoms with Gasteiger partial charge in [0.05, 0.1) is 17.0 Å². The summed E-state index contributed by atoms with van der Waals surface area (Å²) in [5.41, 5.74) is -2.14. The Morgan fingerprint density at radius 3 is 2.40 bits per heavy atom. The number of nitrogens with one attached hydrogen (secondary N) is 2. The summed E-state index contributed by atoms with van der Waals surface area (Å²) in [5, 5.41) is 25.5. The number of carbonyl (C=O) groups is 3. The number of nitro benzene ring substituents is 1. The summed E-state index contributed by atoms with van der Waals surface area (Å²) < 4.78 is 44.9. The van der Waals surface area contributed by atoms with Crippen molar-refractivity contribution in [2.45, 2.75) is 51.9 Å². The average Bonchev–Trinajstić information content (AvgIpc) is 2.96. The number of ether oxygens (including phenoxy) is 1. The van der Waals surface area contributed by atoms with E-state index in [1.54, 1.807) is 31.2 Å². The van der Waals surface area contributed by atoms with Crippen LogP contribution in [0, 0.1) is 16.0 Å². The molecule has 11 nitrogen and oxygen atoms in total. The van der Waals surface area contributed by atoms with Crippen LogP contribution in [-0.4, -0.2) is 65.1 Å². The first-order valence-electron chi connectivity index (χ1n) is 13.3. The number of amides is 3. The predicted molar refractivity (Wildman–Crippen MR) is 146 cm³/mol. The van der Waals surface area contributed by atoms with Gasteiger partial charge in [-0.15, -0.1) is 0 Å². The van der Waals surface area contributed by atoms with Crippen LogP contribution < -0.4 is 10.6 Å². The van der Waals surface area contributed by atoms with Gasteiger partial charge in [-0.3, -0.25) is 19.7 Å². The van der Waals surface area contributed by atoms with Gasteiger partial charge in [-0.2, -0.15) is 13.2 Å². The maximum atomic E-state index is 13.2. The van der Waals surface area contributed by atoms with Crippen LogP contribution in [0.2, 0.25) is 0 Å². The predicted octanol–water partition coefficient (Wildman–Crippen LogP) is 4.29. The quantitative estimate of drug-likeness (QED) is 0.205. The number of nitrogens with zero attached hydrogens (tertiary/aromatic N) is 2. The molecule has 2 aromatic rings. The first-order valence-corrected chi connectivity index (χ1v) is 13.3. The van der Waals surface area contributed by atoms with Crippen molar-refractivity contribution in [1.29, 1.82) is 0 Å². The Morgan fingerprint density at radius 2 is 1.81 bits per heavy atom. The summed E-state index contributed by atoms with van der Waals surface area (Å²) in [6.07, 6.45) is -3.64. The molecular weight excluding hydrogens is 561 g/mol. The maximum Gasteiger partial charge on any atom is 0.416 e. The number of aliphatic hydroxyl groups excluding tert-OH is 1. The Labute approximate surface area is 241 Å². The highest BCUT2D eigenvalue weighted by Crippen LogP contribution is 2.32. The largest absolute Gasteiger partial charge is 0.445 e. The van der Waals surface area contributed by atoms with Gasteiger partial charge >= 0.3 is 12.3 Å². The molecule has 2 rings (SSSR count). The second-order valence-electron chi connectivity index (χ2n) is 9.85. The minimum atomic E-state index is -4.92. The molecule has 0 aliphatic heterocycles. The summed E-state index contributed by atoms with van der Waals surface area (Å²) >= 11 is 0. The molecule has 0 fully saturated rings. The monoisotopic (exact) mass is 596 g/mol. The zero-order valence-electron chi connectivity index (χ0n) is 23.4. The molecule has 0 spiro atoms. The highest BCUT2D eigenvalue weighted by Gasteiger charge is 2.33. The van der Waals surface area contributed by atoms with Crippen molar-refractivity contribution in [2.75, 3.05) is 26.2 Å². The minimum absolute atomic E-state index is 0.0232. The summed E-state index contributed by atoms with van der Waals surface area (Å²) in [5.74, 6) is -2.07. The van der Waals surface area contributed by atoms with Crippen molar-refractivity contribution in [3.05, 3.63) is 75.3 Å². The molecule has 0 aliphatic rings. The fraction of sp³-hybridized carbons (Fsp3) is 0.464. The van der Waals surface area contributed by atoms with Gasteiger partial charge in [0.2, 0.25) is 5.91 Å². The van der Waals surface area contributed by atoms with Crippen LogP contribution in [0.4, 0.5) is 23.7 Å². The zero-order valence-corrected chi connectivity index (χ0v) is 23.4. The Bertz CT molecular complexity index is 1210. The number of rotatable bonds is 15. The van der Waals surface area contributed by atoms with Gasteiger partial charge in [0.25, 0.3) is 11.6 Å². The van der Waals surface area contributed by atoms with E-state index in [0.717, 1.165) is 12.0 Å². The van der Waals surface area contributed by atoms with Crippen LogP contribution in [0.5, 0.6) is 0 Å². The highest BCUT2D eigenvalue weighted by atomic mass is 19.4. The number of aliphatic hydroxyl groups is 1. The van der Waals surface area contributed by atoms with Crippen molar-refractivity contribution in [3.8, 4) is 0 Å². The van der Waals surface area contributed by atoms with E-state index in [1.807, 2.05) is 13.0 Å². The summed E-state index contributed by atoms with van der Waals surface area (Å²) in [7, 11) is 0. The topological polar surface area (TPSA) is 151 Å². The molecule has 1 unspecified atom stereocenters. The third kappa shape index (κ3) is 11.4. The first kappa shape index (κ1) is 34.0. The van der Waals surface area contributed by atoms with Crippen LogP contribution in [0.25, 0.3) is 0 Å². The minimum Gasteiger partial charge on any atom is -0.445 e. The van der Waals surface area contributed by atoms with Crippen LogP contribution in [-0.2, 0) is 22.3 Å². The van der Waals surface area contributed by atoms with Gasteiger partial charge in [0.1, 0.15) is 6.61 Å². The van der Waals surface area contributed by atoms with Crippen LogP contribution in [0.15, 0.2) is 48.5 Å². The molecule has 230 valence electrons. The molecule has 0 heterocycles. The smallest absolute Gasteiger partial charge is 0.416 e. The molecule has 0 aliphatic carbocycles. The molecule has 14 heteroatoms. The normalized spacial score (nSPS) is 12.6. The fourth-order valence-corrected chi connectivity index (χ4v) is 3.95. The molecule has 0 bridgehead atoms. The van der Waals surface area contributed by atoms with Crippen molar-refractivity contribution < 1.29 is 42.3 Å². The second kappa shape index (κ2) is 16.3. The molecule has 0 radical (unpaired) electrons. The van der Waals surface area contributed by atoms with Gasteiger partial charge in [-0.1, -0.05) is 57.0 Å². The lowest BCUT2D eigenvalue weighted by Gasteiger charge is -2.29. The van der Waals surface area contributed by atoms with E-state index < -0.39 is 58.4 Å². The number of carbonyl (C=O) groups excluding carboxylic acids is 3. The third-order valence-corrected chi connectivity index (χ3v) is 6.15. The third-order valence-electron chi connectivity index (χ3n) is 6.15. The summed E-state index contributed by atoms with van der Waals surface area (Å²) in [6, 6.07) is 9.92. The fourth-order valence-electron chi connectivity index (χ4n) is 3.95. The average molecular weight is 597 g/mol. The molecular formula is C28H35F3N4O7. The second-order valence-corrected chi connectivity index (χ2v) is 9.85. The Balaban J connectivity index is 2.09. The number of hydrogen-bond acceptors (Lipinski definition) is 7. The van der Waals surface area contributed by atoms with Gasteiger partial charge in [-0.25, -0.2) is 4.79 Å². The van der Waals surface area contributed by atoms with Crippen LogP contribution in [0.1, 0.15) is 54.6 Å². The molecule has 3 amide bonds. The number of halogens is 3. The molecule has 42 heavy (non-hydrogen) atoms. The van der Waals surface area contributed by atoms with Crippen LogP contribution in [0.3, 0.4) is 0 Å². The lowest BCUT2D eigenvalue weighted by atomic mass is 10.1. The lowest BCUT2D eigenvalue weighted by Crippen LogP contribution is -2.49. The van der Waals surface area contributed by atoms with E-state index in [0.29, 0.717) is 31.0 Å². The molecule has 3 N–H and O–H groups in total. The SMILES string of the molecule is CCCCC(CN(C[C@H](C)CO)C(=O)OCc1ccccc1)NC(=O)CNC(=O)c1cc([N+](=O)[O-])cc(C(F)(F)F)c1. The van der Waals surface area contributed by atoms with E-state index in [9.17, 15) is 42.8 Å². The van der Waals surface area contributed by atoms with Gasteiger partial charge in [-0.05, 0) is 24.0 Å². The molecule has 0 aromatic heterocycles. The Hall–Kier alpha value is -4.20. The van der Waals surface area contributed by atoms with Gasteiger partial charge in [0.15, 0.2) is 0 Å². The van der Waals surface area contributed by atoms with E-state index >= 15 is 0 Å². The van der Waals surface area contributed by atoms with E-state index in [4.69, 9.17) is 4.74 Å². The van der Waals surface area contributed by atoms with Crippen molar-refractivity contribution in [2.24, 2.45) is 5.92 Å². The number of hydrogen-bond donors (Lipinski definition) is 3. The van der Waals surface area contributed by atoms with E-state index in [-0.39, 0.29) is 32.2 Å². The number of benzene rings is 2. The molecule has 2 aromatic carbocycles. The number of non-ortho nitro benzene ring substituents is 1. The number of nitro groups is 1. The van der Waals surface area contributed by atoms with E-state index in [2.05, 4.69) is 10.6 Å². The first-order chi connectivity index (χ1) is 19.8. The molecule has 0 saturated heterocycles. The highest BCUT2D eigenvalue weighted by molar-refractivity contribution is 5.97. The van der Waals surface area contributed by atoms with Gasteiger partial charge in [0, 0.05) is 43.4 Å². The Kier molecular flexibility index (Phi) is 13.2. The summed E-state index contributed by atoms with van der Waals surface area (Å²) in [6.45, 7) is 3.07. The van der Waals surface area contributed by atoms with Crippen molar-refractivity contribution >= 4 is 23.6 Å². The van der Waals surface area contributed by atoms with Gasteiger partial charge < -0.3 is 25.4 Å². The van der Waals surface area contributed by atoms with E-state index in [1.165, 1.54) is 4.90 Å². The Morgan fingerprint density at radius 1 is 1.12 bits per heavy atom. The van der Waals surface area contributed by atoms with Crippen molar-refractivity contribution in [1.82, 2.24) is 15.5 Å².